The lowest BCUT2D eigenvalue weighted by molar-refractivity contribution is 0.607. The molecule has 2 aromatic heterocycles. The normalized spacial score (nSPS) is 16.8. The van der Waals surface area contributed by atoms with Gasteiger partial charge in [-0.25, -0.2) is 23.4 Å². The van der Waals surface area contributed by atoms with Crippen LogP contribution < -0.4 is 9.62 Å². The molecule has 0 spiro atoms. The van der Waals surface area contributed by atoms with Crippen molar-refractivity contribution in [1.29, 1.82) is 5.26 Å². The highest BCUT2D eigenvalue weighted by atomic mass is 35.5. The molecule has 2 saturated carbocycles. The van der Waals surface area contributed by atoms with Crippen LogP contribution >= 0.6 is 11.6 Å². The third-order valence-corrected chi connectivity index (χ3v) is 7.01. The van der Waals surface area contributed by atoms with Crippen molar-refractivity contribution in [3.63, 3.8) is 0 Å². The number of nitrogens with one attached hydrogen (secondary N) is 2. The number of nitriles is 1. The molecule has 2 aliphatic rings. The van der Waals surface area contributed by atoms with E-state index in [0.717, 1.165) is 37.8 Å². The van der Waals surface area contributed by atoms with Gasteiger partial charge in [0.2, 0.25) is 16.0 Å². The van der Waals surface area contributed by atoms with Crippen molar-refractivity contribution in [3.8, 4) is 28.7 Å². The van der Waals surface area contributed by atoms with Crippen LogP contribution in [-0.2, 0) is 10.0 Å². The summed E-state index contributed by atoms with van der Waals surface area (Å²) in [7, 11) is -1.67. The maximum Gasteiger partial charge on any atom is 0.229 e. The molecule has 0 bridgehead atoms. The summed E-state index contributed by atoms with van der Waals surface area (Å²) in [6, 6.07) is 9.28. The molecule has 0 saturated heterocycles. The van der Waals surface area contributed by atoms with Crippen LogP contribution in [0.5, 0.6) is 0 Å². The number of aromatic amines is 1. The van der Waals surface area contributed by atoms with E-state index in [1.807, 2.05) is 11.9 Å². The smallest absolute Gasteiger partial charge is 0.229 e. The quantitative estimate of drug-likeness (QED) is 0.521. The molecule has 0 radical (unpaired) electrons. The molecule has 0 amide bonds. The molecule has 11 heteroatoms. The number of anilines is 2. The summed E-state index contributed by atoms with van der Waals surface area (Å²) in [6.07, 6.45) is 6.41. The highest BCUT2D eigenvalue weighted by Crippen LogP contribution is 2.44. The molecule has 2 aliphatic carbocycles. The third-order valence-electron chi connectivity index (χ3n) is 6.01. The van der Waals surface area contributed by atoms with Crippen LogP contribution in [0, 0.1) is 11.3 Å². The fourth-order valence-electron chi connectivity index (χ4n) is 3.80. The van der Waals surface area contributed by atoms with Gasteiger partial charge in [0, 0.05) is 24.7 Å². The number of aromatic nitrogens is 4. The number of hydrogen-bond acceptors (Lipinski definition) is 7. The number of nitrogens with zero attached hydrogens (tertiary/aromatic N) is 5. The van der Waals surface area contributed by atoms with E-state index in [-0.39, 0.29) is 10.7 Å². The topological polar surface area (TPSA) is 128 Å². The Kier molecular flexibility index (Phi) is 5.06. The highest BCUT2D eigenvalue weighted by molar-refractivity contribution is 7.92. The Bertz CT molecular complexity index is 1390. The Morgan fingerprint density at radius 1 is 1.27 bits per heavy atom. The maximum absolute atomic E-state index is 11.8. The van der Waals surface area contributed by atoms with Gasteiger partial charge in [0.1, 0.15) is 11.4 Å². The lowest BCUT2D eigenvalue weighted by atomic mass is 10.1. The average Bonchev–Trinajstić information content (AvgIpc) is 3.72. The molecule has 5 rings (SSSR count). The van der Waals surface area contributed by atoms with Gasteiger partial charge >= 0.3 is 0 Å². The Balaban J connectivity index is 1.61. The summed E-state index contributed by atoms with van der Waals surface area (Å²) in [5.41, 5.74) is 2.21. The molecule has 0 unspecified atom stereocenters. The first-order chi connectivity index (χ1) is 15.7. The molecule has 170 valence electrons. The van der Waals surface area contributed by atoms with E-state index >= 15 is 0 Å². The van der Waals surface area contributed by atoms with Gasteiger partial charge < -0.3 is 9.88 Å². The van der Waals surface area contributed by atoms with Crippen molar-refractivity contribution in [2.45, 2.75) is 37.1 Å². The van der Waals surface area contributed by atoms with Crippen LogP contribution in [0.3, 0.4) is 0 Å². The zero-order valence-corrected chi connectivity index (χ0v) is 19.7. The number of benzene rings is 1. The molecule has 33 heavy (non-hydrogen) atoms. The Labute approximate surface area is 196 Å². The van der Waals surface area contributed by atoms with E-state index in [9.17, 15) is 13.7 Å². The van der Waals surface area contributed by atoms with Crippen molar-refractivity contribution >= 4 is 33.3 Å². The summed E-state index contributed by atoms with van der Waals surface area (Å²) in [4.78, 5) is 19.1. The van der Waals surface area contributed by atoms with Crippen LogP contribution in [0.2, 0.25) is 5.02 Å². The van der Waals surface area contributed by atoms with E-state index in [1.54, 1.807) is 30.5 Å². The summed E-state index contributed by atoms with van der Waals surface area (Å²) < 4.78 is 26.0. The predicted molar refractivity (Wildman–Crippen MR) is 126 cm³/mol. The Morgan fingerprint density at radius 2 is 2.03 bits per heavy atom. The summed E-state index contributed by atoms with van der Waals surface area (Å²) in [5, 5.41) is 9.80. The van der Waals surface area contributed by atoms with Gasteiger partial charge in [0.15, 0.2) is 0 Å². The summed E-state index contributed by atoms with van der Waals surface area (Å²) in [6.45, 7) is 0. The van der Waals surface area contributed by atoms with E-state index in [0.29, 0.717) is 34.5 Å². The van der Waals surface area contributed by atoms with Crippen LogP contribution in [-0.4, -0.2) is 47.2 Å². The van der Waals surface area contributed by atoms with Crippen LogP contribution in [0.15, 0.2) is 30.5 Å². The fraction of sp³-hybridized carbons (Fsp3) is 0.364. The third kappa shape index (κ3) is 4.14. The number of hydrogen-bond donors (Lipinski definition) is 2. The van der Waals surface area contributed by atoms with Gasteiger partial charge in [-0.3, -0.25) is 4.72 Å². The largest absolute Gasteiger partial charge is 0.340 e. The average molecular weight is 484 g/mol. The number of H-pyrrole nitrogens is 1. The molecule has 9 nitrogen and oxygen atoms in total. The van der Waals surface area contributed by atoms with Gasteiger partial charge in [-0.15, -0.1) is 0 Å². The molecule has 2 fully saturated rings. The molecule has 0 aliphatic heterocycles. The predicted octanol–water partition coefficient (Wildman–Crippen LogP) is 3.93. The number of rotatable bonds is 7. The minimum Gasteiger partial charge on any atom is -0.340 e. The lowest BCUT2D eigenvalue weighted by Crippen LogP contribution is -2.33. The van der Waals surface area contributed by atoms with Gasteiger partial charge in [-0.05, 0) is 37.8 Å². The Hall–Kier alpha value is -3.16. The number of imidazole rings is 1. The zero-order valence-electron chi connectivity index (χ0n) is 18.1. The molecule has 3 aromatic rings. The van der Waals surface area contributed by atoms with Crippen LogP contribution in [0.4, 0.5) is 11.6 Å². The van der Waals surface area contributed by atoms with Crippen molar-refractivity contribution in [1.82, 2.24) is 19.9 Å². The van der Waals surface area contributed by atoms with Gasteiger partial charge in [0.05, 0.1) is 40.1 Å². The Morgan fingerprint density at radius 3 is 2.67 bits per heavy atom. The SMILES string of the molecule is CN(c1nccc(-c2[nH]c(C3CC3)nc2-c2cccc(NS(C)(=O)=O)c2Cl)n1)C1(C#N)CC1. The summed E-state index contributed by atoms with van der Waals surface area (Å²) >= 11 is 6.62. The zero-order chi connectivity index (χ0) is 23.4. The fourth-order valence-corrected chi connectivity index (χ4v) is 4.68. The molecule has 2 N–H and O–H groups in total. The second-order valence-electron chi connectivity index (χ2n) is 8.61. The molecular formula is C22H22ClN7O2S. The summed E-state index contributed by atoms with van der Waals surface area (Å²) in [5.74, 6) is 1.66. The molecule has 1 aromatic carbocycles. The lowest BCUT2D eigenvalue weighted by Gasteiger charge is -2.22. The van der Waals surface area contributed by atoms with Crippen molar-refractivity contribution in [3.05, 3.63) is 41.3 Å². The van der Waals surface area contributed by atoms with E-state index in [4.69, 9.17) is 21.6 Å². The monoisotopic (exact) mass is 483 g/mol. The first-order valence-electron chi connectivity index (χ1n) is 10.6. The minimum absolute atomic E-state index is 0.255. The molecule has 2 heterocycles. The van der Waals surface area contributed by atoms with Gasteiger partial charge in [0.25, 0.3) is 0 Å². The second kappa shape index (κ2) is 7.71. The van der Waals surface area contributed by atoms with E-state index in [1.165, 1.54) is 0 Å². The molecule has 0 atom stereocenters. The van der Waals surface area contributed by atoms with E-state index < -0.39 is 15.6 Å². The van der Waals surface area contributed by atoms with Crippen molar-refractivity contribution in [2.24, 2.45) is 0 Å². The molecular weight excluding hydrogens is 462 g/mol. The maximum atomic E-state index is 11.8. The standard InChI is InChI=1S/C22H22ClN7O2S/c1-30(22(12-24)9-10-22)21-25-11-8-16(26-21)19-18(27-20(28-19)13-6-7-13)14-4-3-5-15(17(14)23)29-33(2,31)32/h3-5,8,11,13,29H,6-7,9-10H2,1-2H3,(H,27,28). The second-order valence-corrected chi connectivity index (χ2v) is 10.7. The van der Waals surface area contributed by atoms with Crippen molar-refractivity contribution < 1.29 is 8.42 Å². The van der Waals surface area contributed by atoms with Gasteiger partial charge in [-0.2, -0.15) is 5.26 Å². The van der Waals surface area contributed by atoms with Crippen molar-refractivity contribution in [2.75, 3.05) is 22.9 Å². The van der Waals surface area contributed by atoms with Gasteiger partial charge in [-0.1, -0.05) is 23.7 Å². The first kappa shape index (κ1) is 21.7. The minimum atomic E-state index is -3.50. The van der Waals surface area contributed by atoms with Crippen LogP contribution in [0.25, 0.3) is 22.6 Å². The highest BCUT2D eigenvalue weighted by Gasteiger charge is 2.48. The van der Waals surface area contributed by atoms with Crippen LogP contribution in [0.1, 0.15) is 37.4 Å². The first-order valence-corrected chi connectivity index (χ1v) is 12.8. The number of halogens is 1. The van der Waals surface area contributed by atoms with E-state index in [2.05, 4.69) is 20.8 Å². The number of sulfonamides is 1.